The van der Waals surface area contributed by atoms with Gasteiger partial charge in [-0.05, 0) is 43.4 Å². The van der Waals surface area contributed by atoms with Gasteiger partial charge in [0.15, 0.2) is 5.11 Å². The number of thiocarbonyl (C=S) groups is 1. The number of benzene rings is 1. The number of hydrogen-bond donors (Lipinski definition) is 3. The predicted molar refractivity (Wildman–Crippen MR) is 78.7 cm³/mol. The molecule has 0 aromatic heterocycles. The number of nitrogens with two attached hydrogens (primary N) is 1. The third-order valence-electron chi connectivity index (χ3n) is 2.14. The molecular formula is C11H15N3O4S2. The molecule has 20 heavy (non-hydrogen) atoms. The van der Waals surface area contributed by atoms with Crippen LogP contribution in [-0.4, -0.2) is 32.7 Å². The zero-order valence-electron chi connectivity index (χ0n) is 10.8. The lowest BCUT2D eigenvalue weighted by molar-refractivity contribution is -0.141. The summed E-state index contributed by atoms with van der Waals surface area (Å²) in [6, 6.07) is 5.73. The van der Waals surface area contributed by atoms with Gasteiger partial charge in [0.25, 0.3) is 0 Å². The summed E-state index contributed by atoms with van der Waals surface area (Å²) < 4.78 is 26.9. The van der Waals surface area contributed by atoms with Crippen LogP contribution in [0.4, 0.5) is 5.69 Å². The van der Waals surface area contributed by atoms with Crippen molar-refractivity contribution in [1.29, 1.82) is 0 Å². The van der Waals surface area contributed by atoms with Gasteiger partial charge in [0.2, 0.25) is 10.0 Å². The zero-order valence-corrected chi connectivity index (χ0v) is 12.4. The minimum atomic E-state index is -3.71. The van der Waals surface area contributed by atoms with E-state index in [0.717, 1.165) is 0 Å². The van der Waals surface area contributed by atoms with E-state index in [4.69, 9.17) is 22.1 Å². The number of carbonyl (C=O) groups excluding carboxylic acids is 1. The number of ether oxygens (including phenoxy) is 1. The molecular weight excluding hydrogens is 302 g/mol. The summed E-state index contributed by atoms with van der Waals surface area (Å²) in [6.45, 7) is 1.96. The second-order valence-electron chi connectivity index (χ2n) is 3.68. The Kier molecular flexibility index (Phi) is 5.86. The summed E-state index contributed by atoms with van der Waals surface area (Å²) in [4.78, 5) is 11.1. The highest BCUT2D eigenvalue weighted by Crippen LogP contribution is 2.12. The van der Waals surface area contributed by atoms with E-state index in [-0.39, 0.29) is 16.6 Å². The summed E-state index contributed by atoms with van der Waals surface area (Å²) in [5.41, 5.74) is 0.568. The summed E-state index contributed by atoms with van der Waals surface area (Å²) in [5.74, 6) is -0.416. The van der Waals surface area contributed by atoms with Crippen LogP contribution in [0.25, 0.3) is 0 Å². The van der Waals surface area contributed by atoms with Gasteiger partial charge in [0.05, 0.1) is 11.5 Å². The molecule has 0 bridgehead atoms. The van der Waals surface area contributed by atoms with Gasteiger partial charge in [0, 0.05) is 5.69 Å². The molecule has 110 valence electrons. The number of carbonyl (C=O) groups is 1. The van der Waals surface area contributed by atoms with E-state index in [0.29, 0.717) is 12.3 Å². The molecule has 0 radical (unpaired) electrons. The van der Waals surface area contributed by atoms with Crippen molar-refractivity contribution in [2.45, 2.75) is 11.8 Å². The van der Waals surface area contributed by atoms with Crippen molar-refractivity contribution in [3.63, 3.8) is 0 Å². The lowest BCUT2D eigenvalue weighted by Crippen LogP contribution is -2.33. The first-order valence-corrected chi connectivity index (χ1v) is 7.61. The van der Waals surface area contributed by atoms with E-state index >= 15 is 0 Å². The van der Waals surface area contributed by atoms with E-state index in [1.54, 1.807) is 6.92 Å². The van der Waals surface area contributed by atoms with Crippen LogP contribution in [0, 0.1) is 0 Å². The van der Waals surface area contributed by atoms with Gasteiger partial charge >= 0.3 is 5.97 Å². The zero-order chi connectivity index (χ0) is 15.2. The molecule has 0 heterocycles. The molecule has 4 N–H and O–H groups in total. The molecule has 1 aromatic rings. The fraction of sp³-hybridized carbons (Fsp3) is 0.273. The maximum atomic E-state index is 11.1. The molecule has 0 aliphatic heterocycles. The molecule has 7 nitrogen and oxygen atoms in total. The van der Waals surface area contributed by atoms with Crippen molar-refractivity contribution >= 4 is 39.0 Å². The summed E-state index contributed by atoms with van der Waals surface area (Å²) >= 11 is 4.97. The fourth-order valence-electron chi connectivity index (χ4n) is 1.27. The van der Waals surface area contributed by atoms with Crippen molar-refractivity contribution < 1.29 is 17.9 Å². The van der Waals surface area contributed by atoms with Gasteiger partial charge in [-0.15, -0.1) is 0 Å². The van der Waals surface area contributed by atoms with Gasteiger partial charge in [-0.2, -0.15) is 0 Å². The van der Waals surface area contributed by atoms with Crippen LogP contribution in [0.1, 0.15) is 6.92 Å². The second kappa shape index (κ2) is 7.17. The Morgan fingerprint density at radius 3 is 2.45 bits per heavy atom. The van der Waals surface area contributed by atoms with Crippen molar-refractivity contribution in [2.75, 3.05) is 18.5 Å². The Balaban J connectivity index is 2.53. The Hall–Kier alpha value is -1.71. The minimum Gasteiger partial charge on any atom is -0.465 e. The van der Waals surface area contributed by atoms with E-state index in [1.807, 2.05) is 0 Å². The number of anilines is 1. The standard InChI is InChI=1S/C11H15N3O4S2/c1-2-18-10(15)7-13-11(19)14-8-3-5-9(6-4-8)20(12,16)17/h3-6H,2,7H2,1H3,(H2,12,16,17)(H2,13,14,19). The quantitative estimate of drug-likeness (QED) is 0.525. The van der Waals surface area contributed by atoms with Gasteiger partial charge < -0.3 is 15.4 Å². The molecule has 0 unspecified atom stereocenters. The number of nitrogens with one attached hydrogen (secondary N) is 2. The average Bonchev–Trinajstić information content (AvgIpc) is 2.36. The number of primary sulfonamides is 1. The highest BCUT2D eigenvalue weighted by Gasteiger charge is 2.07. The third-order valence-corrected chi connectivity index (χ3v) is 3.31. The van der Waals surface area contributed by atoms with Crippen molar-refractivity contribution in [3.05, 3.63) is 24.3 Å². The maximum absolute atomic E-state index is 11.1. The molecule has 0 fully saturated rings. The third kappa shape index (κ3) is 5.51. The fourth-order valence-corrected chi connectivity index (χ4v) is 1.97. The van der Waals surface area contributed by atoms with Crippen molar-refractivity contribution in [2.24, 2.45) is 5.14 Å². The van der Waals surface area contributed by atoms with E-state index < -0.39 is 16.0 Å². The molecule has 1 rings (SSSR count). The summed E-state index contributed by atoms with van der Waals surface area (Å²) in [7, 11) is -3.71. The summed E-state index contributed by atoms with van der Waals surface area (Å²) in [6.07, 6.45) is 0. The average molecular weight is 317 g/mol. The first-order valence-electron chi connectivity index (χ1n) is 5.66. The largest absolute Gasteiger partial charge is 0.465 e. The van der Waals surface area contributed by atoms with Crippen LogP contribution in [-0.2, 0) is 19.6 Å². The lowest BCUT2D eigenvalue weighted by atomic mass is 10.3. The van der Waals surface area contributed by atoms with Crippen LogP contribution in [0.2, 0.25) is 0 Å². The highest BCUT2D eigenvalue weighted by atomic mass is 32.2. The molecule has 1 aromatic carbocycles. The highest BCUT2D eigenvalue weighted by molar-refractivity contribution is 7.89. The Bertz CT molecular complexity index is 584. The number of hydrogen-bond acceptors (Lipinski definition) is 5. The Labute approximate surface area is 122 Å². The molecule has 0 aliphatic rings. The molecule has 0 aliphatic carbocycles. The predicted octanol–water partition coefficient (Wildman–Crippen LogP) is 0.184. The molecule has 0 spiro atoms. The second-order valence-corrected chi connectivity index (χ2v) is 5.65. The van der Waals surface area contributed by atoms with Gasteiger partial charge in [-0.3, -0.25) is 4.79 Å². The number of esters is 1. The summed E-state index contributed by atoms with van der Waals surface area (Å²) in [5, 5.41) is 10.7. The molecule has 0 atom stereocenters. The van der Waals surface area contributed by atoms with Crippen molar-refractivity contribution in [1.82, 2.24) is 5.32 Å². The Morgan fingerprint density at radius 2 is 1.95 bits per heavy atom. The smallest absolute Gasteiger partial charge is 0.325 e. The van der Waals surface area contributed by atoms with Crippen molar-refractivity contribution in [3.8, 4) is 0 Å². The van der Waals surface area contributed by atoms with Crippen LogP contribution in [0.5, 0.6) is 0 Å². The van der Waals surface area contributed by atoms with Crippen LogP contribution in [0.3, 0.4) is 0 Å². The monoisotopic (exact) mass is 317 g/mol. The molecule has 9 heteroatoms. The molecule has 0 saturated carbocycles. The van der Waals surface area contributed by atoms with Crippen LogP contribution in [0.15, 0.2) is 29.2 Å². The normalized spacial score (nSPS) is 10.7. The van der Waals surface area contributed by atoms with E-state index in [1.165, 1.54) is 24.3 Å². The van der Waals surface area contributed by atoms with E-state index in [2.05, 4.69) is 10.6 Å². The number of sulfonamides is 1. The maximum Gasteiger partial charge on any atom is 0.325 e. The van der Waals surface area contributed by atoms with Crippen LogP contribution >= 0.6 is 12.2 Å². The van der Waals surface area contributed by atoms with Crippen LogP contribution < -0.4 is 15.8 Å². The molecule has 0 saturated heterocycles. The SMILES string of the molecule is CCOC(=O)CNC(=S)Nc1ccc(S(N)(=O)=O)cc1. The Morgan fingerprint density at radius 1 is 1.35 bits per heavy atom. The van der Waals surface area contributed by atoms with E-state index in [9.17, 15) is 13.2 Å². The topological polar surface area (TPSA) is 111 Å². The minimum absolute atomic E-state index is 0.00783. The first kappa shape index (κ1) is 16.3. The number of rotatable bonds is 5. The lowest BCUT2D eigenvalue weighted by Gasteiger charge is -2.10. The van der Waals surface area contributed by atoms with Gasteiger partial charge in [-0.1, -0.05) is 0 Å². The first-order chi connectivity index (χ1) is 9.32. The molecule has 0 amide bonds. The van der Waals surface area contributed by atoms with Gasteiger partial charge in [0.1, 0.15) is 6.54 Å². The van der Waals surface area contributed by atoms with Gasteiger partial charge in [-0.25, -0.2) is 13.6 Å².